The molecule has 0 atom stereocenters. The lowest BCUT2D eigenvalue weighted by molar-refractivity contribution is 0.582. The molecular weight excluding hydrogens is 382 g/mol. The summed E-state index contributed by atoms with van der Waals surface area (Å²) in [6.07, 6.45) is 1.85. The van der Waals surface area contributed by atoms with E-state index in [1.165, 1.54) is 10.9 Å². The van der Waals surface area contributed by atoms with Gasteiger partial charge in [0, 0.05) is 28.3 Å². The summed E-state index contributed by atoms with van der Waals surface area (Å²) in [5.41, 5.74) is 5.21. The molecule has 152 valence electrons. The van der Waals surface area contributed by atoms with Gasteiger partial charge in [0.15, 0.2) is 0 Å². The summed E-state index contributed by atoms with van der Waals surface area (Å²) in [6.45, 7) is 6.60. The molecule has 0 radical (unpaired) electrons. The molecule has 0 bridgehead atoms. The van der Waals surface area contributed by atoms with Crippen LogP contribution in [0.15, 0.2) is 89.5 Å². The van der Waals surface area contributed by atoms with Gasteiger partial charge in [-0.25, -0.2) is 0 Å². The van der Waals surface area contributed by atoms with Crippen molar-refractivity contribution in [1.82, 2.24) is 15.2 Å². The van der Waals surface area contributed by atoms with Gasteiger partial charge < -0.3 is 4.42 Å². The predicted molar refractivity (Wildman–Crippen MR) is 125 cm³/mol. The van der Waals surface area contributed by atoms with Crippen molar-refractivity contribution in [2.24, 2.45) is 0 Å². The summed E-state index contributed by atoms with van der Waals surface area (Å²) in [6, 6.07) is 26.7. The molecule has 0 aliphatic rings. The maximum atomic E-state index is 5.96. The first-order valence-corrected chi connectivity index (χ1v) is 10.4. The number of nitrogens with zero attached hydrogens (tertiary/aromatic N) is 3. The van der Waals surface area contributed by atoms with Crippen LogP contribution in [0.25, 0.3) is 44.9 Å². The van der Waals surface area contributed by atoms with Crippen molar-refractivity contribution in [3.05, 3.63) is 90.6 Å². The number of aromatic nitrogens is 3. The van der Waals surface area contributed by atoms with Gasteiger partial charge >= 0.3 is 0 Å². The molecule has 5 rings (SSSR count). The molecule has 0 amide bonds. The minimum atomic E-state index is 0.110. The number of hydrogen-bond acceptors (Lipinski definition) is 4. The van der Waals surface area contributed by atoms with Gasteiger partial charge in [-0.3, -0.25) is 4.98 Å². The molecule has 4 nitrogen and oxygen atoms in total. The third-order valence-corrected chi connectivity index (χ3v) is 5.50. The van der Waals surface area contributed by atoms with Gasteiger partial charge in [-0.2, -0.15) is 0 Å². The molecule has 2 aromatic heterocycles. The molecular formula is C27H23N3O. The molecule has 0 saturated heterocycles. The molecule has 2 heterocycles. The Morgan fingerprint density at radius 3 is 1.87 bits per heavy atom. The van der Waals surface area contributed by atoms with E-state index >= 15 is 0 Å². The summed E-state index contributed by atoms with van der Waals surface area (Å²) >= 11 is 0. The van der Waals surface area contributed by atoms with Crippen LogP contribution in [0.2, 0.25) is 0 Å². The fourth-order valence-electron chi connectivity index (χ4n) is 3.69. The summed E-state index contributed by atoms with van der Waals surface area (Å²) in [5.74, 6) is 1.03. The van der Waals surface area contributed by atoms with E-state index in [2.05, 4.69) is 60.2 Å². The van der Waals surface area contributed by atoms with Crippen molar-refractivity contribution >= 4 is 10.8 Å². The standard InChI is InChI=1S/C27H23N3O/c1-27(2,3)22-14-12-21(13-15-22)26-30-29-25(31-26)20-10-8-19(9-11-20)24-23-7-5-4-6-18(23)16-17-28-24/h4-17H,1-3H3. The Balaban J connectivity index is 1.43. The van der Waals surface area contributed by atoms with Gasteiger partial charge in [-0.15, -0.1) is 10.2 Å². The zero-order chi connectivity index (χ0) is 21.4. The molecule has 0 aliphatic heterocycles. The number of fused-ring (bicyclic) bond motifs is 1. The second kappa shape index (κ2) is 7.47. The Morgan fingerprint density at radius 1 is 0.645 bits per heavy atom. The number of hydrogen-bond donors (Lipinski definition) is 0. The molecule has 0 unspecified atom stereocenters. The van der Waals surface area contributed by atoms with E-state index in [1.807, 2.05) is 60.8 Å². The average Bonchev–Trinajstić information content (AvgIpc) is 3.29. The van der Waals surface area contributed by atoms with Crippen LogP contribution in [0.4, 0.5) is 0 Å². The van der Waals surface area contributed by atoms with Crippen molar-refractivity contribution in [3.63, 3.8) is 0 Å². The highest BCUT2D eigenvalue weighted by molar-refractivity contribution is 5.94. The van der Waals surface area contributed by atoms with E-state index in [-0.39, 0.29) is 5.41 Å². The van der Waals surface area contributed by atoms with Crippen LogP contribution in [-0.4, -0.2) is 15.2 Å². The van der Waals surface area contributed by atoms with Crippen molar-refractivity contribution < 1.29 is 4.42 Å². The second-order valence-corrected chi connectivity index (χ2v) is 8.70. The predicted octanol–water partition coefficient (Wildman–Crippen LogP) is 6.92. The zero-order valence-corrected chi connectivity index (χ0v) is 17.8. The lowest BCUT2D eigenvalue weighted by Crippen LogP contribution is -2.10. The summed E-state index contributed by atoms with van der Waals surface area (Å²) in [5, 5.41) is 10.8. The molecule has 0 spiro atoms. The van der Waals surface area contributed by atoms with Crippen molar-refractivity contribution in [1.29, 1.82) is 0 Å². The second-order valence-electron chi connectivity index (χ2n) is 8.70. The molecule has 5 aromatic rings. The Labute approximate surface area is 181 Å². The zero-order valence-electron chi connectivity index (χ0n) is 17.8. The maximum Gasteiger partial charge on any atom is 0.248 e. The van der Waals surface area contributed by atoms with E-state index in [4.69, 9.17) is 4.42 Å². The number of pyridine rings is 1. The van der Waals surface area contributed by atoms with Crippen LogP contribution >= 0.6 is 0 Å². The smallest absolute Gasteiger partial charge is 0.248 e. The van der Waals surface area contributed by atoms with Gasteiger partial charge in [-0.1, -0.05) is 69.3 Å². The van der Waals surface area contributed by atoms with Crippen LogP contribution in [0.1, 0.15) is 26.3 Å². The molecule has 0 fully saturated rings. The number of benzene rings is 3. The molecule has 3 aromatic carbocycles. The first-order chi connectivity index (χ1) is 15.0. The van der Waals surface area contributed by atoms with E-state index in [0.29, 0.717) is 11.8 Å². The quantitative estimate of drug-likeness (QED) is 0.327. The fourth-order valence-corrected chi connectivity index (χ4v) is 3.69. The van der Waals surface area contributed by atoms with E-state index in [0.717, 1.165) is 27.8 Å². The average molecular weight is 406 g/mol. The van der Waals surface area contributed by atoms with E-state index in [1.54, 1.807) is 0 Å². The van der Waals surface area contributed by atoms with Crippen LogP contribution in [0.3, 0.4) is 0 Å². The van der Waals surface area contributed by atoms with Crippen molar-refractivity contribution in [2.75, 3.05) is 0 Å². The SMILES string of the molecule is CC(C)(C)c1ccc(-c2nnc(-c3ccc(-c4nccc5ccccc45)cc3)o2)cc1. The van der Waals surface area contributed by atoms with Crippen molar-refractivity contribution in [2.45, 2.75) is 26.2 Å². The molecule has 4 heteroatoms. The highest BCUT2D eigenvalue weighted by Gasteiger charge is 2.15. The van der Waals surface area contributed by atoms with Gasteiger partial charge in [0.2, 0.25) is 11.8 Å². The van der Waals surface area contributed by atoms with Gasteiger partial charge in [0.25, 0.3) is 0 Å². The van der Waals surface area contributed by atoms with Crippen molar-refractivity contribution in [3.8, 4) is 34.2 Å². The Hall–Kier alpha value is -3.79. The largest absolute Gasteiger partial charge is 0.416 e. The van der Waals surface area contributed by atoms with Gasteiger partial charge in [0.1, 0.15) is 0 Å². The van der Waals surface area contributed by atoms with Gasteiger partial charge in [0.05, 0.1) is 5.69 Å². The summed E-state index contributed by atoms with van der Waals surface area (Å²) in [7, 11) is 0. The lowest BCUT2D eigenvalue weighted by Gasteiger charge is -2.18. The summed E-state index contributed by atoms with van der Waals surface area (Å²) < 4.78 is 5.96. The van der Waals surface area contributed by atoms with E-state index in [9.17, 15) is 0 Å². The molecule has 31 heavy (non-hydrogen) atoms. The van der Waals surface area contributed by atoms with Crippen LogP contribution in [0.5, 0.6) is 0 Å². The van der Waals surface area contributed by atoms with Crippen LogP contribution in [-0.2, 0) is 5.41 Å². The third kappa shape index (κ3) is 3.73. The molecule has 0 aliphatic carbocycles. The third-order valence-electron chi connectivity index (χ3n) is 5.50. The van der Waals surface area contributed by atoms with E-state index < -0.39 is 0 Å². The first kappa shape index (κ1) is 19.2. The Bertz CT molecular complexity index is 1340. The Kier molecular flexibility index (Phi) is 4.63. The highest BCUT2D eigenvalue weighted by Crippen LogP contribution is 2.30. The maximum absolute atomic E-state index is 5.96. The number of rotatable bonds is 3. The topological polar surface area (TPSA) is 51.8 Å². The first-order valence-electron chi connectivity index (χ1n) is 10.4. The monoisotopic (exact) mass is 405 g/mol. The normalized spacial score (nSPS) is 11.7. The van der Waals surface area contributed by atoms with Gasteiger partial charge in [-0.05, 0) is 46.7 Å². The lowest BCUT2D eigenvalue weighted by atomic mass is 9.87. The molecule has 0 saturated carbocycles. The minimum absolute atomic E-state index is 0.110. The minimum Gasteiger partial charge on any atom is -0.416 e. The Morgan fingerprint density at radius 2 is 1.23 bits per heavy atom. The fraction of sp³-hybridized carbons (Fsp3) is 0.148. The molecule has 0 N–H and O–H groups in total. The van der Waals surface area contributed by atoms with Crippen LogP contribution in [0, 0.1) is 0 Å². The van der Waals surface area contributed by atoms with Crippen LogP contribution < -0.4 is 0 Å². The summed E-state index contributed by atoms with van der Waals surface area (Å²) in [4.78, 5) is 4.60. The highest BCUT2D eigenvalue weighted by atomic mass is 16.4.